The van der Waals surface area contributed by atoms with E-state index >= 15 is 0 Å². The number of ether oxygens (including phenoxy) is 2. The van der Waals surface area contributed by atoms with Gasteiger partial charge in [0.15, 0.2) is 11.5 Å². The number of nitrogens with zero attached hydrogens (tertiary/aromatic N) is 2. The smallest absolute Gasteiger partial charge is 0.274 e. The molecule has 4 rings (SSSR count). The van der Waals surface area contributed by atoms with E-state index < -0.39 is 5.91 Å². The molecule has 0 radical (unpaired) electrons. The van der Waals surface area contributed by atoms with E-state index in [1.165, 1.54) is 24.4 Å². The summed E-state index contributed by atoms with van der Waals surface area (Å²) in [7, 11) is 0. The quantitative estimate of drug-likeness (QED) is 0.736. The van der Waals surface area contributed by atoms with Gasteiger partial charge in [-0.3, -0.25) is 4.79 Å². The Hall–Kier alpha value is -3.68. The average molecular weight is 366 g/mol. The number of anilines is 3. The van der Waals surface area contributed by atoms with Crippen LogP contribution in [0.1, 0.15) is 10.5 Å². The summed E-state index contributed by atoms with van der Waals surface area (Å²) in [5.74, 6) is 0.623. The fourth-order valence-electron chi connectivity index (χ4n) is 2.56. The molecule has 0 saturated heterocycles. The van der Waals surface area contributed by atoms with E-state index in [9.17, 15) is 9.18 Å². The summed E-state index contributed by atoms with van der Waals surface area (Å²) < 4.78 is 24.2. The molecule has 136 valence electrons. The Morgan fingerprint density at radius 3 is 2.70 bits per heavy atom. The first kappa shape index (κ1) is 16.8. The molecule has 3 aromatic rings. The van der Waals surface area contributed by atoms with Gasteiger partial charge in [-0.15, -0.1) is 0 Å². The van der Waals surface area contributed by atoms with Gasteiger partial charge in [0, 0.05) is 23.6 Å². The van der Waals surface area contributed by atoms with Gasteiger partial charge in [-0.25, -0.2) is 14.4 Å². The first-order chi connectivity index (χ1) is 13.2. The number of hydrogen-bond donors (Lipinski definition) is 2. The van der Waals surface area contributed by atoms with Crippen LogP contribution in [0.4, 0.5) is 21.7 Å². The van der Waals surface area contributed by atoms with E-state index in [0.29, 0.717) is 36.1 Å². The molecular weight excluding hydrogens is 351 g/mol. The molecule has 2 aromatic carbocycles. The Kier molecular flexibility index (Phi) is 4.52. The third-order valence-corrected chi connectivity index (χ3v) is 3.77. The lowest BCUT2D eigenvalue weighted by Crippen LogP contribution is -2.17. The van der Waals surface area contributed by atoms with Gasteiger partial charge in [-0.05, 0) is 36.4 Å². The summed E-state index contributed by atoms with van der Waals surface area (Å²) in [5.41, 5.74) is 1.21. The van der Waals surface area contributed by atoms with Crippen LogP contribution in [0, 0.1) is 5.82 Å². The van der Waals surface area contributed by atoms with Gasteiger partial charge in [-0.2, -0.15) is 0 Å². The van der Waals surface area contributed by atoms with Crippen molar-refractivity contribution < 1.29 is 18.7 Å². The van der Waals surface area contributed by atoms with Crippen LogP contribution in [0.5, 0.6) is 11.5 Å². The van der Waals surface area contributed by atoms with Crippen molar-refractivity contribution in [3.63, 3.8) is 0 Å². The second kappa shape index (κ2) is 7.28. The predicted octanol–water partition coefficient (Wildman–Crippen LogP) is 3.38. The second-order valence-electron chi connectivity index (χ2n) is 5.71. The molecule has 0 fully saturated rings. The summed E-state index contributed by atoms with van der Waals surface area (Å²) >= 11 is 0. The maximum absolute atomic E-state index is 13.3. The van der Waals surface area contributed by atoms with Gasteiger partial charge < -0.3 is 20.1 Å². The Labute approximate surface area is 154 Å². The summed E-state index contributed by atoms with van der Waals surface area (Å²) in [4.78, 5) is 20.7. The van der Waals surface area contributed by atoms with Gasteiger partial charge in [0.2, 0.25) is 5.95 Å². The van der Waals surface area contributed by atoms with Crippen molar-refractivity contribution in [1.29, 1.82) is 0 Å². The summed E-state index contributed by atoms with van der Waals surface area (Å²) in [6.45, 7) is 0.964. The van der Waals surface area contributed by atoms with Crippen LogP contribution in [0.2, 0.25) is 0 Å². The van der Waals surface area contributed by atoms with E-state index in [2.05, 4.69) is 20.6 Å². The SMILES string of the molecule is O=C(Nc1ccc2c(c1)OCCO2)c1ccnc(Nc2cccc(F)c2)n1. The molecule has 0 saturated carbocycles. The molecule has 1 amide bonds. The Morgan fingerprint density at radius 2 is 1.85 bits per heavy atom. The molecule has 0 atom stereocenters. The minimum Gasteiger partial charge on any atom is -0.486 e. The van der Waals surface area contributed by atoms with Crippen molar-refractivity contribution in [1.82, 2.24) is 9.97 Å². The molecular formula is C19H15FN4O3. The van der Waals surface area contributed by atoms with Crippen LogP contribution in [0.25, 0.3) is 0 Å². The normalized spacial score (nSPS) is 12.3. The lowest BCUT2D eigenvalue weighted by Gasteiger charge is -2.19. The molecule has 27 heavy (non-hydrogen) atoms. The lowest BCUT2D eigenvalue weighted by molar-refractivity contribution is 0.102. The standard InChI is InChI=1S/C19H15FN4O3/c20-12-2-1-3-13(10-12)23-19-21-7-6-15(24-19)18(25)22-14-4-5-16-17(11-14)27-9-8-26-16/h1-7,10-11H,8-9H2,(H,22,25)(H,21,23,24). The number of nitrogens with one attached hydrogen (secondary N) is 2. The number of hydrogen-bond acceptors (Lipinski definition) is 6. The maximum Gasteiger partial charge on any atom is 0.274 e. The molecule has 1 aromatic heterocycles. The average Bonchev–Trinajstić information content (AvgIpc) is 2.68. The van der Waals surface area contributed by atoms with Gasteiger partial charge in [0.05, 0.1) is 0 Å². The zero-order valence-corrected chi connectivity index (χ0v) is 14.1. The molecule has 0 spiro atoms. The van der Waals surface area contributed by atoms with E-state index in [1.54, 1.807) is 30.3 Å². The number of rotatable bonds is 4. The minimum atomic E-state index is -0.406. The van der Waals surface area contributed by atoms with Gasteiger partial charge in [0.25, 0.3) is 5.91 Å². The summed E-state index contributed by atoms with van der Waals surface area (Å²) in [6, 6.07) is 12.5. The summed E-state index contributed by atoms with van der Waals surface area (Å²) in [5, 5.41) is 5.62. The van der Waals surface area contributed by atoms with E-state index in [4.69, 9.17) is 9.47 Å². The largest absolute Gasteiger partial charge is 0.486 e. The monoisotopic (exact) mass is 366 g/mol. The molecule has 0 unspecified atom stereocenters. The highest BCUT2D eigenvalue weighted by Gasteiger charge is 2.14. The number of fused-ring (bicyclic) bond motifs is 1. The number of carbonyl (C=O) groups excluding carboxylic acids is 1. The zero-order valence-electron chi connectivity index (χ0n) is 14.1. The fraction of sp³-hybridized carbons (Fsp3) is 0.105. The van der Waals surface area contributed by atoms with Crippen LogP contribution < -0.4 is 20.1 Å². The first-order valence-electron chi connectivity index (χ1n) is 8.24. The van der Waals surface area contributed by atoms with Crippen LogP contribution in [0.15, 0.2) is 54.7 Å². The highest BCUT2D eigenvalue weighted by atomic mass is 19.1. The lowest BCUT2D eigenvalue weighted by atomic mass is 10.2. The molecule has 8 heteroatoms. The van der Waals surface area contributed by atoms with E-state index in [-0.39, 0.29) is 17.5 Å². The van der Waals surface area contributed by atoms with Crippen LogP contribution in [0.3, 0.4) is 0 Å². The zero-order chi connectivity index (χ0) is 18.6. The van der Waals surface area contributed by atoms with Gasteiger partial charge in [-0.1, -0.05) is 6.07 Å². The van der Waals surface area contributed by atoms with Crippen molar-refractivity contribution in [3.8, 4) is 11.5 Å². The molecule has 7 nitrogen and oxygen atoms in total. The van der Waals surface area contributed by atoms with Crippen LogP contribution in [-0.2, 0) is 0 Å². The summed E-state index contributed by atoms with van der Waals surface area (Å²) in [6.07, 6.45) is 1.45. The number of amides is 1. The van der Waals surface area contributed by atoms with Gasteiger partial charge >= 0.3 is 0 Å². The van der Waals surface area contributed by atoms with Crippen molar-refractivity contribution in [3.05, 3.63) is 66.2 Å². The number of carbonyl (C=O) groups is 1. The van der Waals surface area contributed by atoms with Crippen molar-refractivity contribution >= 4 is 23.2 Å². The highest BCUT2D eigenvalue weighted by molar-refractivity contribution is 6.03. The van der Waals surface area contributed by atoms with Crippen LogP contribution in [-0.4, -0.2) is 29.1 Å². The number of halogens is 1. The van der Waals surface area contributed by atoms with Gasteiger partial charge in [0.1, 0.15) is 24.7 Å². The molecule has 2 heterocycles. The first-order valence-corrected chi connectivity index (χ1v) is 8.24. The third kappa shape index (κ3) is 3.95. The third-order valence-electron chi connectivity index (χ3n) is 3.77. The fourth-order valence-corrected chi connectivity index (χ4v) is 2.56. The van der Waals surface area contributed by atoms with Crippen LogP contribution >= 0.6 is 0 Å². The maximum atomic E-state index is 13.3. The van der Waals surface area contributed by atoms with Crippen molar-refractivity contribution in [2.45, 2.75) is 0 Å². The minimum absolute atomic E-state index is 0.166. The highest BCUT2D eigenvalue weighted by Crippen LogP contribution is 2.32. The second-order valence-corrected chi connectivity index (χ2v) is 5.71. The Balaban J connectivity index is 1.49. The predicted molar refractivity (Wildman–Crippen MR) is 97.1 cm³/mol. The topological polar surface area (TPSA) is 85.4 Å². The Morgan fingerprint density at radius 1 is 1.00 bits per heavy atom. The molecule has 2 N–H and O–H groups in total. The number of benzene rings is 2. The molecule has 0 aliphatic carbocycles. The molecule has 1 aliphatic heterocycles. The number of aromatic nitrogens is 2. The Bertz CT molecular complexity index is 996. The van der Waals surface area contributed by atoms with E-state index in [0.717, 1.165) is 0 Å². The molecule has 1 aliphatic rings. The van der Waals surface area contributed by atoms with Crippen molar-refractivity contribution in [2.75, 3.05) is 23.8 Å². The molecule has 0 bridgehead atoms. The van der Waals surface area contributed by atoms with Crippen molar-refractivity contribution in [2.24, 2.45) is 0 Å². The van der Waals surface area contributed by atoms with E-state index in [1.807, 2.05) is 0 Å².